The molecular formula is C34H34N8O3. The molecule has 45 heavy (non-hydrogen) atoms. The lowest BCUT2D eigenvalue weighted by Crippen LogP contribution is -2.32. The molecule has 11 nitrogen and oxygen atoms in total. The van der Waals surface area contributed by atoms with Crippen LogP contribution in [-0.4, -0.2) is 56.2 Å². The monoisotopic (exact) mass is 602 g/mol. The van der Waals surface area contributed by atoms with E-state index in [2.05, 4.69) is 73.5 Å². The minimum atomic E-state index is -0.214. The van der Waals surface area contributed by atoms with Crippen molar-refractivity contribution in [2.45, 2.75) is 25.4 Å². The van der Waals surface area contributed by atoms with Crippen molar-refractivity contribution in [1.29, 1.82) is 0 Å². The Hall–Kier alpha value is -5.71. The Morgan fingerprint density at radius 1 is 1.04 bits per heavy atom. The van der Waals surface area contributed by atoms with Crippen LogP contribution in [0.15, 0.2) is 91.8 Å². The van der Waals surface area contributed by atoms with E-state index in [1.165, 1.54) is 24.6 Å². The molecule has 0 bridgehead atoms. The number of fused-ring (bicyclic) bond motifs is 1. The van der Waals surface area contributed by atoms with Gasteiger partial charge in [-0.1, -0.05) is 48.5 Å². The van der Waals surface area contributed by atoms with Gasteiger partial charge in [-0.15, -0.1) is 0 Å². The standard InChI is InChI=1S/C34H34N8O3/c1-44-30-17-23(15-26-18-38-34(36)40-33(26)35)16-28(32(30)45-2)29(43)12-14-41-13-11-24-5-3-4-6-27(24)31(41)25-9-7-22(8-10-25)19-42-21-37-20-39-42/h3-10,12,14,16-18,20-21,31H,11,13,15,19H2,1-2H3,(H4,35,36,38,40). The van der Waals surface area contributed by atoms with Gasteiger partial charge >= 0.3 is 0 Å². The number of allylic oxidation sites excluding steroid dienone is 1. The number of nitrogen functional groups attached to an aromatic ring is 2. The molecule has 0 radical (unpaired) electrons. The fourth-order valence-electron chi connectivity index (χ4n) is 5.77. The van der Waals surface area contributed by atoms with Gasteiger partial charge in [0.1, 0.15) is 18.5 Å². The number of nitrogens with zero attached hydrogens (tertiary/aromatic N) is 6. The van der Waals surface area contributed by atoms with Crippen LogP contribution in [0.3, 0.4) is 0 Å². The lowest BCUT2D eigenvalue weighted by molar-refractivity contribution is 0.104. The van der Waals surface area contributed by atoms with Crippen LogP contribution in [0.4, 0.5) is 11.8 Å². The molecule has 2 aromatic heterocycles. The highest BCUT2D eigenvalue weighted by Crippen LogP contribution is 2.37. The first-order valence-electron chi connectivity index (χ1n) is 14.5. The Labute approximate surface area is 261 Å². The van der Waals surface area contributed by atoms with Crippen molar-refractivity contribution in [2.75, 3.05) is 32.2 Å². The Morgan fingerprint density at radius 3 is 2.60 bits per heavy atom. The van der Waals surface area contributed by atoms with Crippen molar-refractivity contribution in [3.63, 3.8) is 0 Å². The number of nitrogens with two attached hydrogens (primary N) is 2. The molecule has 228 valence electrons. The number of hydrogen-bond donors (Lipinski definition) is 2. The number of ketones is 1. The zero-order chi connectivity index (χ0) is 31.3. The van der Waals surface area contributed by atoms with E-state index in [0.29, 0.717) is 35.6 Å². The molecule has 0 spiro atoms. The molecule has 3 heterocycles. The normalized spacial score (nSPS) is 14.4. The van der Waals surface area contributed by atoms with E-state index in [9.17, 15) is 4.79 Å². The number of carbonyl (C=O) groups excluding carboxylic acids is 1. The average Bonchev–Trinajstić information content (AvgIpc) is 3.57. The molecule has 1 aliphatic heterocycles. The summed E-state index contributed by atoms with van der Waals surface area (Å²) in [6, 6.07) is 20.5. The molecule has 11 heteroatoms. The highest BCUT2D eigenvalue weighted by Gasteiger charge is 2.27. The van der Waals surface area contributed by atoms with Crippen molar-refractivity contribution in [1.82, 2.24) is 29.6 Å². The zero-order valence-corrected chi connectivity index (χ0v) is 25.1. The molecule has 1 atom stereocenters. The largest absolute Gasteiger partial charge is 0.493 e. The van der Waals surface area contributed by atoms with E-state index in [1.807, 2.05) is 12.3 Å². The van der Waals surface area contributed by atoms with Crippen LogP contribution in [0.1, 0.15) is 49.8 Å². The summed E-state index contributed by atoms with van der Waals surface area (Å²) < 4.78 is 13.0. The van der Waals surface area contributed by atoms with Gasteiger partial charge in [0.05, 0.1) is 32.4 Å². The average molecular weight is 603 g/mol. The third-order valence-electron chi connectivity index (χ3n) is 7.96. The third-order valence-corrected chi connectivity index (χ3v) is 7.96. The second-order valence-corrected chi connectivity index (χ2v) is 10.8. The smallest absolute Gasteiger partial charge is 0.221 e. The predicted molar refractivity (Wildman–Crippen MR) is 171 cm³/mol. The first-order chi connectivity index (χ1) is 21.9. The molecule has 1 unspecified atom stereocenters. The number of carbonyl (C=O) groups is 1. The summed E-state index contributed by atoms with van der Waals surface area (Å²) >= 11 is 0. The van der Waals surface area contributed by atoms with Crippen LogP contribution in [0.5, 0.6) is 11.5 Å². The van der Waals surface area contributed by atoms with Gasteiger partial charge in [-0.3, -0.25) is 4.79 Å². The Morgan fingerprint density at radius 2 is 1.87 bits per heavy atom. The van der Waals surface area contributed by atoms with E-state index in [1.54, 1.807) is 36.5 Å². The van der Waals surface area contributed by atoms with E-state index >= 15 is 0 Å². The maximum Gasteiger partial charge on any atom is 0.221 e. The van der Waals surface area contributed by atoms with Crippen molar-refractivity contribution in [3.05, 3.63) is 131 Å². The number of aromatic nitrogens is 5. The molecule has 0 amide bonds. The quantitative estimate of drug-likeness (QED) is 0.176. The molecule has 1 aliphatic rings. The summed E-state index contributed by atoms with van der Waals surface area (Å²) in [5, 5.41) is 4.21. The number of hydrogen-bond acceptors (Lipinski definition) is 10. The molecule has 0 saturated heterocycles. The van der Waals surface area contributed by atoms with Crippen LogP contribution in [-0.2, 0) is 19.4 Å². The van der Waals surface area contributed by atoms with Crippen molar-refractivity contribution in [2.24, 2.45) is 0 Å². The summed E-state index contributed by atoms with van der Waals surface area (Å²) in [5.74, 6) is 0.978. The van der Waals surface area contributed by atoms with Gasteiger partial charge < -0.3 is 25.8 Å². The van der Waals surface area contributed by atoms with Gasteiger partial charge in [0.15, 0.2) is 17.3 Å². The van der Waals surface area contributed by atoms with Crippen LogP contribution in [0.2, 0.25) is 0 Å². The highest BCUT2D eigenvalue weighted by molar-refractivity contribution is 6.07. The molecule has 6 rings (SSSR count). The van der Waals surface area contributed by atoms with Gasteiger partial charge in [0.25, 0.3) is 0 Å². The summed E-state index contributed by atoms with van der Waals surface area (Å²) in [4.78, 5) is 28.2. The topological polar surface area (TPSA) is 147 Å². The molecule has 0 aliphatic carbocycles. The Balaban J connectivity index is 1.30. The predicted octanol–water partition coefficient (Wildman–Crippen LogP) is 4.23. The summed E-state index contributed by atoms with van der Waals surface area (Å²) in [6.45, 7) is 1.39. The minimum absolute atomic E-state index is 0.0596. The first-order valence-corrected chi connectivity index (χ1v) is 14.5. The molecule has 3 aromatic carbocycles. The molecular weight excluding hydrogens is 568 g/mol. The zero-order valence-electron chi connectivity index (χ0n) is 25.1. The lowest BCUT2D eigenvalue weighted by Gasteiger charge is -2.37. The highest BCUT2D eigenvalue weighted by atomic mass is 16.5. The number of ether oxygens (including phenoxy) is 2. The van der Waals surface area contributed by atoms with E-state index in [4.69, 9.17) is 20.9 Å². The maximum absolute atomic E-state index is 13.8. The third kappa shape index (κ3) is 6.32. The molecule has 0 saturated carbocycles. The first kappa shape index (κ1) is 29.4. The molecule has 4 N–H and O–H groups in total. The second kappa shape index (κ2) is 12.9. The Bertz CT molecular complexity index is 1840. The Kier molecular flexibility index (Phi) is 8.41. The number of methoxy groups -OCH3 is 2. The summed E-state index contributed by atoms with van der Waals surface area (Å²) in [6.07, 6.45) is 9.56. The lowest BCUT2D eigenvalue weighted by atomic mass is 9.88. The summed E-state index contributed by atoms with van der Waals surface area (Å²) in [5.41, 5.74) is 18.4. The number of rotatable bonds is 10. The van der Waals surface area contributed by atoms with Crippen LogP contribution in [0.25, 0.3) is 0 Å². The van der Waals surface area contributed by atoms with Gasteiger partial charge in [0, 0.05) is 37.0 Å². The van der Waals surface area contributed by atoms with Gasteiger partial charge in [-0.25, -0.2) is 14.6 Å². The van der Waals surface area contributed by atoms with Crippen LogP contribution in [0, 0.1) is 0 Å². The second-order valence-electron chi connectivity index (χ2n) is 10.8. The van der Waals surface area contributed by atoms with Crippen LogP contribution < -0.4 is 20.9 Å². The SMILES string of the molecule is COc1cc(Cc2cnc(N)nc2N)cc(C(=O)C=CN2CCc3ccccc3C2c2ccc(Cn3cncn3)cc2)c1OC. The number of benzene rings is 3. The van der Waals surface area contributed by atoms with Crippen LogP contribution >= 0.6 is 0 Å². The molecule has 0 fully saturated rings. The van der Waals surface area contributed by atoms with Gasteiger partial charge in [-0.2, -0.15) is 10.1 Å². The maximum atomic E-state index is 13.8. The fraction of sp³-hybridized carbons (Fsp3) is 0.206. The van der Waals surface area contributed by atoms with E-state index < -0.39 is 0 Å². The van der Waals surface area contributed by atoms with E-state index in [-0.39, 0.29) is 23.6 Å². The van der Waals surface area contributed by atoms with Gasteiger partial charge in [0.2, 0.25) is 5.95 Å². The number of anilines is 2. The molecule has 5 aromatic rings. The fourth-order valence-corrected chi connectivity index (χ4v) is 5.77. The van der Waals surface area contributed by atoms with Crippen molar-refractivity contribution in [3.8, 4) is 11.5 Å². The minimum Gasteiger partial charge on any atom is -0.493 e. The van der Waals surface area contributed by atoms with E-state index in [0.717, 1.165) is 29.7 Å². The van der Waals surface area contributed by atoms with Crippen molar-refractivity contribution >= 4 is 17.5 Å². The van der Waals surface area contributed by atoms with Gasteiger partial charge in [-0.05, 0) is 46.4 Å². The van der Waals surface area contributed by atoms with Crippen molar-refractivity contribution < 1.29 is 14.3 Å². The summed E-state index contributed by atoms with van der Waals surface area (Å²) in [7, 11) is 3.06.